The van der Waals surface area contributed by atoms with Crippen molar-refractivity contribution >= 4 is 16.9 Å². The van der Waals surface area contributed by atoms with Gasteiger partial charge in [-0.2, -0.15) is 13.2 Å². The number of hydrogen-bond donors (Lipinski definition) is 0. The Morgan fingerprint density at radius 1 is 1.12 bits per heavy atom. The van der Waals surface area contributed by atoms with Crippen LogP contribution in [0.1, 0.15) is 19.8 Å². The van der Waals surface area contributed by atoms with Crippen LogP contribution in [-0.2, 0) is 16.6 Å². The van der Waals surface area contributed by atoms with Crippen LogP contribution < -0.4 is 4.74 Å². The summed E-state index contributed by atoms with van der Waals surface area (Å²) in [7, 11) is 1.91. The first kappa shape index (κ1) is 22.0. The number of carbonyl (C=O) groups is 1. The van der Waals surface area contributed by atoms with E-state index in [1.807, 2.05) is 54.1 Å². The summed E-state index contributed by atoms with van der Waals surface area (Å²) in [6, 6.07) is 17.2. The first-order chi connectivity index (χ1) is 15.1. The van der Waals surface area contributed by atoms with Crippen molar-refractivity contribution in [1.29, 1.82) is 0 Å². The molecule has 2 aromatic carbocycles. The molecule has 0 bridgehead atoms. The summed E-state index contributed by atoms with van der Waals surface area (Å²) in [6.45, 7) is 4.33. The zero-order valence-electron chi connectivity index (χ0n) is 17.9. The molecule has 1 aliphatic rings. The molecule has 1 fully saturated rings. The third-order valence-corrected chi connectivity index (χ3v) is 6.43. The lowest BCUT2D eigenvalue weighted by Crippen LogP contribution is -2.51. The van der Waals surface area contributed by atoms with Gasteiger partial charge in [-0.25, -0.2) is 4.79 Å². The molecule has 0 aliphatic heterocycles. The largest absolute Gasteiger partial charge is 0.489 e. The number of ether oxygens (including phenoxy) is 2. The van der Waals surface area contributed by atoms with E-state index in [9.17, 15) is 18.0 Å². The number of aromatic nitrogens is 1. The van der Waals surface area contributed by atoms with Gasteiger partial charge >= 0.3 is 12.1 Å². The summed E-state index contributed by atoms with van der Waals surface area (Å²) >= 11 is 0. The fourth-order valence-corrected chi connectivity index (χ4v) is 4.46. The number of rotatable bonds is 5. The Hall–Kier alpha value is -3.22. The van der Waals surface area contributed by atoms with Crippen molar-refractivity contribution in [2.75, 3.05) is 0 Å². The van der Waals surface area contributed by atoms with Crippen LogP contribution in [0.3, 0.4) is 0 Å². The number of alkyl halides is 3. The standard InChI is InChI=1S/C25H24F3NO3/c1-4-23(30)32-22-13-12-21(24(22,2)25(26,27)28)31-18-11-10-17-14-19(29(3)20(17)15-18)16-8-6-5-7-9-16/h4-11,14-15,21-22H,1,12-13H2,2-3H3. The van der Waals surface area contributed by atoms with Crippen LogP contribution in [-0.4, -0.2) is 28.9 Å². The lowest BCUT2D eigenvalue weighted by molar-refractivity contribution is -0.262. The third-order valence-electron chi connectivity index (χ3n) is 6.43. The second kappa shape index (κ2) is 8.04. The summed E-state index contributed by atoms with van der Waals surface area (Å²) in [5.41, 5.74) is 0.558. The van der Waals surface area contributed by atoms with Gasteiger partial charge < -0.3 is 14.0 Å². The topological polar surface area (TPSA) is 40.5 Å². The van der Waals surface area contributed by atoms with E-state index in [2.05, 4.69) is 6.58 Å². The van der Waals surface area contributed by atoms with Crippen LogP contribution in [0.15, 0.2) is 67.3 Å². The van der Waals surface area contributed by atoms with E-state index in [1.165, 1.54) is 0 Å². The second-order valence-corrected chi connectivity index (χ2v) is 8.27. The van der Waals surface area contributed by atoms with E-state index in [0.29, 0.717) is 5.75 Å². The number of nitrogens with zero attached hydrogens (tertiary/aromatic N) is 1. The molecule has 0 amide bonds. The molecular formula is C25H24F3NO3. The molecule has 4 rings (SSSR count). The summed E-state index contributed by atoms with van der Waals surface area (Å²) < 4.78 is 55.3. The maximum absolute atomic E-state index is 14.1. The van der Waals surface area contributed by atoms with Gasteiger partial charge in [-0.1, -0.05) is 36.9 Å². The molecule has 4 nitrogen and oxygen atoms in total. The molecular weight excluding hydrogens is 419 g/mol. The van der Waals surface area contributed by atoms with E-state index in [0.717, 1.165) is 35.2 Å². The fraction of sp³-hybridized carbons (Fsp3) is 0.320. The predicted molar refractivity (Wildman–Crippen MR) is 116 cm³/mol. The molecule has 0 N–H and O–H groups in total. The zero-order valence-corrected chi connectivity index (χ0v) is 17.9. The molecule has 1 heterocycles. The number of carbonyl (C=O) groups excluding carboxylic acids is 1. The predicted octanol–water partition coefficient (Wildman–Crippen LogP) is 6.05. The van der Waals surface area contributed by atoms with Gasteiger partial charge in [0, 0.05) is 30.3 Å². The average molecular weight is 443 g/mol. The maximum atomic E-state index is 14.1. The van der Waals surface area contributed by atoms with Crippen molar-refractivity contribution in [3.63, 3.8) is 0 Å². The molecule has 32 heavy (non-hydrogen) atoms. The van der Waals surface area contributed by atoms with Crippen LogP contribution >= 0.6 is 0 Å². The lowest BCUT2D eigenvalue weighted by atomic mass is 9.83. The van der Waals surface area contributed by atoms with E-state index in [-0.39, 0.29) is 12.8 Å². The van der Waals surface area contributed by atoms with Gasteiger partial charge in [-0.05, 0) is 43.5 Å². The molecule has 1 aromatic heterocycles. The van der Waals surface area contributed by atoms with Gasteiger partial charge in [0.15, 0.2) is 0 Å². The highest BCUT2D eigenvalue weighted by Gasteiger charge is 2.66. The maximum Gasteiger partial charge on any atom is 0.401 e. The Morgan fingerprint density at radius 3 is 2.47 bits per heavy atom. The number of esters is 1. The molecule has 0 radical (unpaired) electrons. The van der Waals surface area contributed by atoms with Gasteiger partial charge in [0.05, 0.1) is 5.52 Å². The minimum absolute atomic E-state index is 0.0603. The molecule has 3 atom stereocenters. The summed E-state index contributed by atoms with van der Waals surface area (Å²) in [6.07, 6.45) is -6.08. The van der Waals surface area contributed by atoms with Gasteiger partial charge in [0.25, 0.3) is 0 Å². The summed E-state index contributed by atoms with van der Waals surface area (Å²) in [4.78, 5) is 11.6. The van der Waals surface area contributed by atoms with E-state index < -0.39 is 29.8 Å². The van der Waals surface area contributed by atoms with Gasteiger partial charge in [-0.15, -0.1) is 0 Å². The molecule has 3 aromatic rings. The highest BCUT2D eigenvalue weighted by Crippen LogP contribution is 2.53. The second-order valence-electron chi connectivity index (χ2n) is 8.27. The van der Waals surface area contributed by atoms with Crippen molar-refractivity contribution < 1.29 is 27.4 Å². The third kappa shape index (κ3) is 3.66. The van der Waals surface area contributed by atoms with Gasteiger partial charge in [-0.3, -0.25) is 0 Å². The Bertz CT molecular complexity index is 1150. The monoisotopic (exact) mass is 443 g/mol. The smallest absolute Gasteiger partial charge is 0.401 e. The Labute approximate surface area is 184 Å². The zero-order chi connectivity index (χ0) is 23.1. The Kier molecular flexibility index (Phi) is 5.53. The minimum atomic E-state index is -4.62. The molecule has 168 valence electrons. The molecule has 1 saturated carbocycles. The SMILES string of the molecule is C=CC(=O)OC1CCC(Oc2ccc3cc(-c4ccccc4)n(C)c3c2)C1(C)C(F)(F)F. The number of aryl methyl sites for hydroxylation is 1. The van der Waals surface area contributed by atoms with Crippen molar-refractivity contribution in [3.05, 3.63) is 67.3 Å². The summed E-state index contributed by atoms with van der Waals surface area (Å²) in [5, 5.41) is 0.960. The fourth-order valence-electron chi connectivity index (χ4n) is 4.46. The van der Waals surface area contributed by atoms with Crippen LogP contribution in [0.2, 0.25) is 0 Å². The Balaban J connectivity index is 1.65. The van der Waals surface area contributed by atoms with E-state index in [4.69, 9.17) is 9.47 Å². The molecule has 7 heteroatoms. The molecule has 0 saturated heterocycles. The molecule has 0 spiro atoms. The van der Waals surface area contributed by atoms with Crippen molar-refractivity contribution in [2.45, 2.75) is 38.1 Å². The first-order valence-electron chi connectivity index (χ1n) is 10.4. The number of halogens is 3. The number of fused-ring (bicyclic) bond motifs is 1. The number of benzene rings is 2. The summed E-state index contributed by atoms with van der Waals surface area (Å²) in [5.74, 6) is -0.528. The van der Waals surface area contributed by atoms with E-state index in [1.54, 1.807) is 12.1 Å². The average Bonchev–Trinajstić information content (AvgIpc) is 3.26. The lowest BCUT2D eigenvalue weighted by Gasteiger charge is -2.37. The van der Waals surface area contributed by atoms with Crippen LogP contribution in [0.25, 0.3) is 22.2 Å². The molecule has 3 unspecified atom stereocenters. The van der Waals surface area contributed by atoms with Crippen LogP contribution in [0.4, 0.5) is 13.2 Å². The van der Waals surface area contributed by atoms with Crippen molar-refractivity contribution in [2.24, 2.45) is 12.5 Å². The first-order valence-corrected chi connectivity index (χ1v) is 10.4. The van der Waals surface area contributed by atoms with E-state index >= 15 is 0 Å². The van der Waals surface area contributed by atoms with Crippen LogP contribution in [0.5, 0.6) is 5.75 Å². The van der Waals surface area contributed by atoms with Crippen LogP contribution in [0, 0.1) is 5.41 Å². The highest BCUT2D eigenvalue weighted by atomic mass is 19.4. The quantitative estimate of drug-likeness (QED) is 0.356. The van der Waals surface area contributed by atoms with Gasteiger partial charge in [0.1, 0.15) is 23.4 Å². The highest BCUT2D eigenvalue weighted by molar-refractivity contribution is 5.88. The number of hydrogen-bond acceptors (Lipinski definition) is 3. The van der Waals surface area contributed by atoms with Gasteiger partial charge in [0.2, 0.25) is 0 Å². The minimum Gasteiger partial charge on any atom is -0.489 e. The Morgan fingerprint density at radius 2 is 1.81 bits per heavy atom. The molecule has 1 aliphatic carbocycles. The van der Waals surface area contributed by atoms with Crippen molar-refractivity contribution in [3.8, 4) is 17.0 Å². The van der Waals surface area contributed by atoms with Crippen molar-refractivity contribution in [1.82, 2.24) is 4.57 Å². The normalized spacial score (nSPS) is 23.3.